The van der Waals surface area contributed by atoms with Crippen molar-refractivity contribution in [1.29, 1.82) is 0 Å². The molecule has 1 nitrogen and oxygen atoms in total. The van der Waals surface area contributed by atoms with E-state index in [-0.39, 0.29) is 17.0 Å². The molecule has 0 aliphatic carbocycles. The van der Waals surface area contributed by atoms with Crippen molar-refractivity contribution in [2.75, 3.05) is 0 Å². The largest absolute Gasteiger partial charge is 0.416 e. The maximum Gasteiger partial charge on any atom is 0.416 e. The first kappa shape index (κ1) is 16.4. The van der Waals surface area contributed by atoms with Gasteiger partial charge >= 0.3 is 6.18 Å². The second-order valence-electron chi connectivity index (χ2n) is 4.08. The van der Waals surface area contributed by atoms with Gasteiger partial charge in [0.1, 0.15) is 0 Å². The number of hydrogen-bond acceptors (Lipinski definition) is 1. The predicted molar refractivity (Wildman–Crippen MR) is 78.8 cm³/mol. The molecule has 0 amide bonds. The lowest BCUT2D eigenvalue weighted by Crippen LogP contribution is -2.04. The van der Waals surface area contributed by atoms with E-state index in [9.17, 15) is 13.2 Å². The van der Waals surface area contributed by atoms with Crippen LogP contribution in [0.3, 0.4) is 0 Å². The fraction of sp³-hybridized carbons (Fsp3) is 0.308. The van der Waals surface area contributed by atoms with Gasteiger partial charge in [0.2, 0.25) is 0 Å². The lowest BCUT2D eigenvalue weighted by atomic mass is 10.1. The maximum absolute atomic E-state index is 12.6. The van der Waals surface area contributed by atoms with Crippen LogP contribution in [0.5, 0.6) is 0 Å². The van der Waals surface area contributed by atoms with E-state index in [1.165, 1.54) is 6.07 Å². The van der Waals surface area contributed by atoms with Gasteiger partial charge in [-0.2, -0.15) is 13.2 Å². The van der Waals surface area contributed by atoms with Gasteiger partial charge in [-0.3, -0.25) is 4.98 Å². The summed E-state index contributed by atoms with van der Waals surface area (Å²) < 4.78 is 38.7. The minimum absolute atomic E-state index is 0. The Bertz CT molecular complexity index is 582. The fourth-order valence-corrected chi connectivity index (χ4v) is 2.40. The summed E-state index contributed by atoms with van der Waals surface area (Å²) in [5, 5.41) is 0.697. The lowest BCUT2D eigenvalue weighted by Gasteiger charge is -2.09. The molecule has 1 aromatic carbocycles. The highest BCUT2D eigenvalue weighted by Gasteiger charge is 2.30. The van der Waals surface area contributed by atoms with Gasteiger partial charge in [-0.05, 0) is 24.6 Å². The molecule has 2 aromatic rings. The molecule has 2 rings (SSSR count). The minimum Gasteiger partial charge on any atom is -0.253 e. The summed E-state index contributed by atoms with van der Waals surface area (Å²) in [5.74, 6) is 0. The zero-order valence-electron chi connectivity index (χ0n) is 10.1. The number of aryl methyl sites for hydroxylation is 1. The Hall–Kier alpha value is -0.620. The van der Waals surface area contributed by atoms with Gasteiger partial charge in [-0.15, -0.1) is 17.0 Å². The molecule has 1 aromatic heterocycles. The first-order chi connectivity index (χ1) is 8.41. The summed E-state index contributed by atoms with van der Waals surface area (Å²) in [5.41, 5.74) is 0.516. The van der Waals surface area contributed by atoms with Crippen LogP contribution in [-0.4, -0.2) is 4.98 Å². The van der Waals surface area contributed by atoms with Crippen LogP contribution in [0.15, 0.2) is 28.7 Å². The van der Waals surface area contributed by atoms with Crippen LogP contribution in [-0.2, 0) is 12.6 Å². The van der Waals surface area contributed by atoms with Crippen LogP contribution < -0.4 is 0 Å². The molecule has 0 saturated carbocycles. The molecule has 0 saturated heterocycles. The van der Waals surface area contributed by atoms with E-state index in [4.69, 9.17) is 0 Å². The van der Waals surface area contributed by atoms with Crippen LogP contribution in [0, 0.1) is 0 Å². The molecule has 0 N–H and O–H groups in total. The number of fused-ring (bicyclic) bond motifs is 1. The molecule has 0 atom stereocenters. The molecule has 0 aliphatic heterocycles. The smallest absolute Gasteiger partial charge is 0.253 e. The fourth-order valence-electron chi connectivity index (χ4n) is 1.80. The zero-order valence-corrected chi connectivity index (χ0v) is 13.4. The number of alkyl halides is 3. The van der Waals surface area contributed by atoms with Crippen molar-refractivity contribution in [3.63, 3.8) is 0 Å². The third-order valence-corrected chi connectivity index (χ3v) is 3.30. The van der Waals surface area contributed by atoms with Gasteiger partial charge in [0.25, 0.3) is 0 Å². The molecule has 0 bridgehead atoms. The summed E-state index contributed by atoms with van der Waals surface area (Å²) in [6, 6.07) is 5.48. The molecule has 6 heteroatoms. The molecule has 1 heterocycles. The number of aromatic nitrogens is 1. The molecule has 0 aliphatic rings. The number of benzene rings is 1. The second-order valence-corrected chi connectivity index (χ2v) is 4.93. The van der Waals surface area contributed by atoms with Crippen molar-refractivity contribution in [3.8, 4) is 0 Å². The van der Waals surface area contributed by atoms with Crippen molar-refractivity contribution in [3.05, 3.63) is 40.0 Å². The summed E-state index contributed by atoms with van der Waals surface area (Å²) >= 11 is 3.37. The first-order valence-electron chi connectivity index (χ1n) is 5.58. The lowest BCUT2D eigenvalue weighted by molar-refractivity contribution is -0.137. The quantitative estimate of drug-likeness (QED) is 0.646. The summed E-state index contributed by atoms with van der Waals surface area (Å²) in [7, 11) is 0. The standard InChI is InChI=1S/C13H11BrF3N.BrH/c1-2-3-9-7-11(14)10-5-4-8(13(15,16)17)6-12(10)18-9;/h4-7H,2-3H2,1H3;1H. The molecule has 104 valence electrons. The maximum atomic E-state index is 12.6. The molecule has 0 radical (unpaired) electrons. The Morgan fingerprint density at radius 2 is 1.89 bits per heavy atom. The van der Waals surface area contributed by atoms with Gasteiger partial charge in [-0.1, -0.05) is 35.3 Å². The van der Waals surface area contributed by atoms with Crippen LogP contribution in [0.1, 0.15) is 24.6 Å². The van der Waals surface area contributed by atoms with Gasteiger partial charge in [0.05, 0.1) is 11.1 Å². The zero-order chi connectivity index (χ0) is 13.3. The second kappa shape index (κ2) is 6.22. The number of rotatable bonds is 2. The summed E-state index contributed by atoms with van der Waals surface area (Å²) in [6.07, 6.45) is -2.67. The molecular formula is C13H12Br2F3N. The third-order valence-electron chi connectivity index (χ3n) is 2.65. The highest BCUT2D eigenvalue weighted by atomic mass is 79.9. The van der Waals surface area contributed by atoms with Crippen molar-refractivity contribution in [2.24, 2.45) is 0 Å². The highest BCUT2D eigenvalue weighted by Crippen LogP contribution is 2.33. The Labute approximate surface area is 128 Å². The summed E-state index contributed by atoms with van der Waals surface area (Å²) in [4.78, 5) is 4.27. The van der Waals surface area contributed by atoms with E-state index in [2.05, 4.69) is 20.9 Å². The van der Waals surface area contributed by atoms with E-state index in [0.29, 0.717) is 10.9 Å². The molecular weight excluding hydrogens is 387 g/mol. The molecule has 19 heavy (non-hydrogen) atoms. The topological polar surface area (TPSA) is 12.9 Å². The average Bonchev–Trinajstić information content (AvgIpc) is 2.27. The first-order valence-corrected chi connectivity index (χ1v) is 6.37. The number of pyridine rings is 1. The van der Waals surface area contributed by atoms with Crippen molar-refractivity contribution < 1.29 is 13.2 Å². The van der Waals surface area contributed by atoms with Crippen molar-refractivity contribution in [2.45, 2.75) is 25.9 Å². The van der Waals surface area contributed by atoms with Gasteiger partial charge in [-0.25, -0.2) is 0 Å². The SMILES string of the molecule is Br.CCCc1cc(Br)c2ccc(C(F)(F)F)cc2n1. The van der Waals surface area contributed by atoms with Crippen molar-refractivity contribution >= 4 is 43.8 Å². The Balaban J connectivity index is 0.00000180. The minimum atomic E-state index is -4.33. The summed E-state index contributed by atoms with van der Waals surface area (Å²) in [6.45, 7) is 2.01. The van der Waals surface area contributed by atoms with Crippen LogP contribution in [0.2, 0.25) is 0 Å². The van der Waals surface area contributed by atoms with Gasteiger partial charge in [0.15, 0.2) is 0 Å². The Kier molecular flexibility index (Phi) is 5.38. The Morgan fingerprint density at radius 3 is 2.47 bits per heavy atom. The Morgan fingerprint density at radius 1 is 1.21 bits per heavy atom. The van der Waals surface area contributed by atoms with Crippen LogP contribution >= 0.6 is 32.9 Å². The van der Waals surface area contributed by atoms with E-state index in [0.717, 1.165) is 35.1 Å². The van der Waals surface area contributed by atoms with E-state index >= 15 is 0 Å². The third kappa shape index (κ3) is 3.69. The normalized spacial score (nSPS) is 11.4. The molecule has 0 fully saturated rings. The van der Waals surface area contributed by atoms with Gasteiger partial charge in [0, 0.05) is 15.6 Å². The van der Waals surface area contributed by atoms with E-state index in [1.807, 2.05) is 13.0 Å². The van der Waals surface area contributed by atoms with Crippen LogP contribution in [0.4, 0.5) is 13.2 Å². The van der Waals surface area contributed by atoms with E-state index < -0.39 is 11.7 Å². The predicted octanol–water partition coefficient (Wildman–Crippen LogP) is 5.55. The van der Waals surface area contributed by atoms with E-state index in [1.54, 1.807) is 0 Å². The van der Waals surface area contributed by atoms with Crippen LogP contribution in [0.25, 0.3) is 10.9 Å². The molecule has 0 spiro atoms. The average molecular weight is 399 g/mol. The number of halogens is 5. The monoisotopic (exact) mass is 397 g/mol. The molecule has 0 unspecified atom stereocenters. The van der Waals surface area contributed by atoms with Gasteiger partial charge < -0.3 is 0 Å². The number of hydrogen-bond donors (Lipinski definition) is 0. The highest BCUT2D eigenvalue weighted by molar-refractivity contribution is 9.10. The number of nitrogens with zero attached hydrogens (tertiary/aromatic N) is 1. The van der Waals surface area contributed by atoms with Crippen molar-refractivity contribution in [1.82, 2.24) is 4.98 Å².